The topological polar surface area (TPSA) is 3.88 Å². The van der Waals surface area contributed by atoms with E-state index in [-0.39, 0.29) is 18.2 Å². The van der Waals surface area contributed by atoms with Gasteiger partial charge < -0.3 is 12.4 Å². The normalized spacial score (nSPS) is 9.40. The van der Waals surface area contributed by atoms with Gasteiger partial charge in [-0.05, 0) is 24.3 Å². The van der Waals surface area contributed by atoms with E-state index in [0.717, 1.165) is 12.1 Å². The molecule has 1 aromatic carbocycles. The second-order valence-electron chi connectivity index (χ2n) is 3.17. The predicted octanol–water partition coefficient (Wildman–Crippen LogP) is -0.834. The highest BCUT2D eigenvalue weighted by Crippen LogP contribution is 2.01. The second-order valence-corrected chi connectivity index (χ2v) is 3.17. The Morgan fingerprint density at radius 3 is 2.13 bits per heavy atom. The van der Waals surface area contributed by atoms with Crippen LogP contribution in [0.25, 0.3) is 0 Å². The molecule has 1 nitrogen and oxygen atoms in total. The Morgan fingerprint density at radius 2 is 1.53 bits per heavy atom. The number of benzene rings is 1. The Morgan fingerprint density at radius 1 is 0.933 bits per heavy atom. The Kier molecular flexibility index (Phi) is 4.25. The zero-order valence-electron chi connectivity index (χ0n) is 8.11. The van der Waals surface area contributed by atoms with Crippen molar-refractivity contribution in [1.29, 1.82) is 0 Å². The molecular formula is C12H11ClFN. The van der Waals surface area contributed by atoms with Crippen LogP contribution >= 0.6 is 0 Å². The summed E-state index contributed by atoms with van der Waals surface area (Å²) < 4.78 is 14.7. The number of rotatable bonds is 2. The molecule has 2 rings (SSSR count). The van der Waals surface area contributed by atoms with Gasteiger partial charge in [0.15, 0.2) is 18.9 Å². The van der Waals surface area contributed by atoms with E-state index < -0.39 is 0 Å². The van der Waals surface area contributed by atoms with Crippen molar-refractivity contribution in [1.82, 2.24) is 0 Å². The van der Waals surface area contributed by atoms with Crippen molar-refractivity contribution in [2.24, 2.45) is 0 Å². The van der Waals surface area contributed by atoms with Crippen molar-refractivity contribution in [2.45, 2.75) is 6.54 Å². The van der Waals surface area contributed by atoms with Gasteiger partial charge in [0.05, 0.1) is 0 Å². The molecule has 0 amide bonds. The van der Waals surface area contributed by atoms with Crippen LogP contribution in [0.1, 0.15) is 5.56 Å². The minimum atomic E-state index is -0.188. The molecule has 0 aliphatic heterocycles. The lowest BCUT2D eigenvalue weighted by molar-refractivity contribution is -0.688. The van der Waals surface area contributed by atoms with Gasteiger partial charge in [0, 0.05) is 17.7 Å². The highest BCUT2D eigenvalue weighted by molar-refractivity contribution is 5.14. The molecule has 0 saturated carbocycles. The van der Waals surface area contributed by atoms with Crippen LogP contribution in [0.15, 0.2) is 54.9 Å². The maximum absolute atomic E-state index is 12.6. The summed E-state index contributed by atoms with van der Waals surface area (Å²) in [6.45, 7) is 0.779. The zero-order valence-corrected chi connectivity index (χ0v) is 8.86. The predicted molar refractivity (Wildman–Crippen MR) is 52.1 cm³/mol. The van der Waals surface area contributed by atoms with Crippen LogP contribution in [0.2, 0.25) is 0 Å². The summed E-state index contributed by atoms with van der Waals surface area (Å²) in [6, 6.07) is 12.5. The lowest BCUT2D eigenvalue weighted by Crippen LogP contribution is -3.00. The summed E-state index contributed by atoms with van der Waals surface area (Å²) in [4.78, 5) is 0. The molecule has 0 saturated heterocycles. The molecule has 3 heteroatoms. The van der Waals surface area contributed by atoms with Crippen LogP contribution in [0.5, 0.6) is 0 Å². The van der Waals surface area contributed by atoms with Gasteiger partial charge in [0.1, 0.15) is 5.82 Å². The Hall–Kier alpha value is -1.41. The molecule has 0 N–H and O–H groups in total. The van der Waals surface area contributed by atoms with Gasteiger partial charge in [-0.1, -0.05) is 6.07 Å². The van der Waals surface area contributed by atoms with Crippen LogP contribution in [0.3, 0.4) is 0 Å². The SMILES string of the molecule is Fc1ccc(C[n+]2ccccc2)cc1.[Cl-]. The number of hydrogen-bond acceptors (Lipinski definition) is 0. The molecular weight excluding hydrogens is 213 g/mol. The van der Waals surface area contributed by atoms with E-state index in [9.17, 15) is 4.39 Å². The fourth-order valence-electron chi connectivity index (χ4n) is 1.34. The first kappa shape index (κ1) is 11.7. The quantitative estimate of drug-likeness (QED) is 0.585. The summed E-state index contributed by atoms with van der Waals surface area (Å²) >= 11 is 0. The Labute approximate surface area is 94.6 Å². The molecule has 15 heavy (non-hydrogen) atoms. The van der Waals surface area contributed by atoms with Crippen molar-refractivity contribution < 1.29 is 21.4 Å². The minimum Gasteiger partial charge on any atom is -1.00 e. The Balaban J connectivity index is 0.00000112. The molecule has 0 radical (unpaired) electrons. The summed E-state index contributed by atoms with van der Waals surface area (Å²) in [6.07, 6.45) is 3.98. The lowest BCUT2D eigenvalue weighted by atomic mass is 10.2. The summed E-state index contributed by atoms with van der Waals surface area (Å²) in [7, 11) is 0. The van der Waals surface area contributed by atoms with Gasteiger partial charge in [0.25, 0.3) is 0 Å². The van der Waals surface area contributed by atoms with E-state index in [0.29, 0.717) is 0 Å². The van der Waals surface area contributed by atoms with Gasteiger partial charge in [-0.25, -0.2) is 8.96 Å². The van der Waals surface area contributed by atoms with Gasteiger partial charge in [-0.2, -0.15) is 0 Å². The molecule has 0 fully saturated rings. The Bertz CT molecular complexity index is 400. The third kappa shape index (κ3) is 3.33. The number of nitrogens with zero attached hydrogens (tertiary/aromatic N) is 1. The maximum Gasteiger partial charge on any atom is 0.173 e. The fraction of sp³-hybridized carbons (Fsp3) is 0.0833. The van der Waals surface area contributed by atoms with Crippen LogP contribution in [-0.4, -0.2) is 0 Å². The van der Waals surface area contributed by atoms with Crippen molar-refractivity contribution in [3.63, 3.8) is 0 Å². The molecule has 78 valence electrons. The lowest BCUT2D eigenvalue weighted by Gasteiger charge is -1.96. The number of pyridine rings is 1. The van der Waals surface area contributed by atoms with Gasteiger partial charge >= 0.3 is 0 Å². The molecule has 0 atom stereocenters. The van der Waals surface area contributed by atoms with Crippen LogP contribution in [0, 0.1) is 5.82 Å². The zero-order chi connectivity index (χ0) is 9.80. The highest BCUT2D eigenvalue weighted by atomic mass is 35.5. The third-order valence-corrected chi connectivity index (χ3v) is 2.06. The van der Waals surface area contributed by atoms with Crippen LogP contribution < -0.4 is 17.0 Å². The smallest absolute Gasteiger partial charge is 0.173 e. The van der Waals surface area contributed by atoms with E-state index >= 15 is 0 Å². The van der Waals surface area contributed by atoms with Gasteiger partial charge in [-0.15, -0.1) is 0 Å². The first-order valence-corrected chi connectivity index (χ1v) is 4.53. The largest absolute Gasteiger partial charge is 1.00 e. The van der Waals surface area contributed by atoms with Gasteiger partial charge in [-0.3, -0.25) is 0 Å². The maximum atomic E-state index is 12.6. The highest BCUT2D eigenvalue weighted by Gasteiger charge is 2.00. The molecule has 0 spiro atoms. The molecule has 0 aliphatic rings. The van der Waals surface area contributed by atoms with Crippen LogP contribution in [0.4, 0.5) is 4.39 Å². The minimum absolute atomic E-state index is 0. The number of aromatic nitrogens is 1. The standard InChI is InChI=1S/C12H11FN.ClH/c13-12-6-4-11(5-7-12)10-14-8-2-1-3-9-14;/h1-9H,10H2;1H/q+1;/p-1. The summed E-state index contributed by atoms with van der Waals surface area (Å²) in [5, 5.41) is 0. The van der Waals surface area contributed by atoms with Crippen molar-refractivity contribution in [3.05, 3.63) is 66.2 Å². The molecule has 1 aromatic heterocycles. The van der Waals surface area contributed by atoms with Crippen molar-refractivity contribution in [3.8, 4) is 0 Å². The van der Waals surface area contributed by atoms with E-state index in [1.165, 1.54) is 12.1 Å². The molecule has 0 aliphatic carbocycles. The van der Waals surface area contributed by atoms with Crippen molar-refractivity contribution >= 4 is 0 Å². The molecule has 0 unspecified atom stereocenters. The van der Waals surface area contributed by atoms with E-state index in [2.05, 4.69) is 0 Å². The van der Waals surface area contributed by atoms with E-state index in [1.807, 2.05) is 35.2 Å². The van der Waals surface area contributed by atoms with E-state index in [1.54, 1.807) is 12.1 Å². The van der Waals surface area contributed by atoms with Crippen molar-refractivity contribution in [2.75, 3.05) is 0 Å². The fourth-order valence-corrected chi connectivity index (χ4v) is 1.34. The average Bonchev–Trinajstić information content (AvgIpc) is 2.23. The summed E-state index contributed by atoms with van der Waals surface area (Å²) in [5.41, 5.74) is 1.10. The molecule has 0 bridgehead atoms. The number of halogens is 2. The number of hydrogen-bond donors (Lipinski definition) is 0. The monoisotopic (exact) mass is 223 g/mol. The van der Waals surface area contributed by atoms with Gasteiger partial charge in [0.2, 0.25) is 0 Å². The molecule has 1 heterocycles. The van der Waals surface area contributed by atoms with Crippen LogP contribution in [-0.2, 0) is 6.54 Å². The second kappa shape index (κ2) is 5.47. The van der Waals surface area contributed by atoms with E-state index in [4.69, 9.17) is 0 Å². The third-order valence-electron chi connectivity index (χ3n) is 2.06. The first-order chi connectivity index (χ1) is 6.84. The average molecular weight is 224 g/mol. The summed E-state index contributed by atoms with van der Waals surface area (Å²) in [5.74, 6) is -0.188. The first-order valence-electron chi connectivity index (χ1n) is 4.53. The molecule has 2 aromatic rings.